The summed E-state index contributed by atoms with van der Waals surface area (Å²) < 4.78 is 85.4. The zero-order valence-corrected chi connectivity index (χ0v) is 31.1. The number of rotatable bonds is 9. The number of sulfonamides is 2. The highest BCUT2D eigenvalue weighted by Crippen LogP contribution is 2.29. The minimum absolute atomic E-state index is 0.0439. The summed E-state index contributed by atoms with van der Waals surface area (Å²) in [7, 11) is -4.48. The first-order valence-corrected chi connectivity index (χ1v) is 19.3. The van der Waals surface area contributed by atoms with Crippen LogP contribution >= 0.6 is 39.1 Å². The predicted molar refractivity (Wildman–Crippen MR) is 191 cm³/mol. The Morgan fingerprint density at radius 3 is 1.63 bits per heavy atom. The van der Waals surface area contributed by atoms with Gasteiger partial charge in [0.25, 0.3) is 0 Å². The first kappa shape index (κ1) is 41.4. The lowest BCUT2D eigenvalue weighted by atomic mass is 10.1. The molecule has 0 bridgehead atoms. The Labute approximate surface area is 302 Å². The van der Waals surface area contributed by atoms with Crippen molar-refractivity contribution in [2.45, 2.75) is 11.9 Å². The molecule has 0 spiro atoms. The highest BCUT2D eigenvalue weighted by molar-refractivity contribution is 9.08. The van der Waals surface area contributed by atoms with E-state index in [0.717, 1.165) is 22.9 Å². The fourth-order valence-corrected chi connectivity index (χ4v) is 6.20. The molecule has 0 aliphatic rings. The van der Waals surface area contributed by atoms with Gasteiger partial charge in [-0.15, -0.1) is 0 Å². The number of nitrogens with zero attached hydrogens (tertiary/aromatic N) is 1. The number of halogens is 5. The van der Waals surface area contributed by atoms with Crippen LogP contribution in [0.1, 0.15) is 31.8 Å². The number of ether oxygens (including phenoxy) is 2. The van der Waals surface area contributed by atoms with E-state index in [1.807, 2.05) is 0 Å². The van der Waals surface area contributed by atoms with E-state index >= 15 is 0 Å². The summed E-state index contributed by atoms with van der Waals surface area (Å²) in [5.41, 5.74) is 1.55. The Morgan fingerprint density at radius 1 is 0.755 bits per heavy atom. The van der Waals surface area contributed by atoms with Crippen LogP contribution in [0.25, 0.3) is 0 Å². The molecule has 0 aliphatic carbocycles. The summed E-state index contributed by atoms with van der Waals surface area (Å²) in [4.78, 5) is 22.4. The highest BCUT2D eigenvalue weighted by atomic mass is 79.9. The van der Waals surface area contributed by atoms with Crippen LogP contribution in [0, 0.1) is 11.6 Å². The van der Waals surface area contributed by atoms with Crippen molar-refractivity contribution in [3.63, 3.8) is 0 Å². The first-order chi connectivity index (χ1) is 22.9. The Balaban J connectivity index is 0.000000281. The summed E-state index contributed by atoms with van der Waals surface area (Å²) >= 11 is 14.9. The Bertz CT molecular complexity index is 2000. The lowest BCUT2D eigenvalue weighted by Crippen LogP contribution is -2.30. The molecule has 0 saturated heterocycles. The van der Waals surface area contributed by atoms with Gasteiger partial charge in [-0.1, -0.05) is 75.5 Å². The second-order valence-corrected chi connectivity index (χ2v) is 14.8. The molecule has 0 aromatic heterocycles. The second kappa shape index (κ2) is 18.9. The van der Waals surface area contributed by atoms with E-state index < -0.39 is 43.6 Å². The van der Waals surface area contributed by atoms with Gasteiger partial charge in [0.05, 0.1) is 65.8 Å². The van der Waals surface area contributed by atoms with Gasteiger partial charge in [0.1, 0.15) is 11.6 Å². The van der Waals surface area contributed by atoms with Crippen molar-refractivity contribution in [3.05, 3.63) is 129 Å². The van der Waals surface area contributed by atoms with Crippen molar-refractivity contribution < 1.29 is 44.7 Å². The molecule has 4 aromatic carbocycles. The summed E-state index contributed by atoms with van der Waals surface area (Å²) in [5.74, 6) is -2.31. The molecule has 0 radical (unpaired) electrons. The van der Waals surface area contributed by atoms with E-state index in [1.165, 1.54) is 44.6 Å². The number of hydrogen-bond donors (Lipinski definition) is 1. The third-order valence-corrected chi connectivity index (χ3v) is 9.07. The Kier molecular flexibility index (Phi) is 15.9. The van der Waals surface area contributed by atoms with Gasteiger partial charge < -0.3 is 9.47 Å². The third-order valence-electron chi connectivity index (χ3n) is 6.10. The molecular formula is C32H31BrCl2F2N2O8S2. The molecule has 0 atom stereocenters. The Morgan fingerprint density at radius 2 is 1.22 bits per heavy atom. The molecule has 49 heavy (non-hydrogen) atoms. The lowest BCUT2D eigenvalue weighted by Gasteiger charge is -2.23. The minimum atomic E-state index is -3.70. The van der Waals surface area contributed by atoms with Gasteiger partial charge in [-0.2, -0.15) is 0 Å². The topological polar surface area (TPSA) is 136 Å². The average molecular weight is 825 g/mol. The third kappa shape index (κ3) is 13.2. The maximum atomic E-state index is 14.2. The zero-order valence-electron chi connectivity index (χ0n) is 26.4. The normalized spacial score (nSPS) is 10.8. The Hall–Kier alpha value is -3.76. The number of esters is 2. The fraction of sp³-hybridized carbons (Fsp3) is 0.188. The molecule has 0 saturated carbocycles. The van der Waals surface area contributed by atoms with Crippen LogP contribution in [0.4, 0.5) is 20.2 Å². The number of alkyl halides is 1. The van der Waals surface area contributed by atoms with Gasteiger partial charge in [0.2, 0.25) is 20.0 Å². The van der Waals surface area contributed by atoms with E-state index in [2.05, 4.69) is 30.1 Å². The number of carbonyl (C=O) groups excluding carboxylic acids is 2. The van der Waals surface area contributed by atoms with Crippen LogP contribution in [0.2, 0.25) is 10.0 Å². The maximum absolute atomic E-state index is 14.2. The van der Waals surface area contributed by atoms with Gasteiger partial charge in [0.15, 0.2) is 0 Å². The number of carbonyl (C=O) groups is 2. The molecule has 4 rings (SSSR count). The maximum Gasteiger partial charge on any atom is 0.337 e. The number of benzene rings is 4. The molecule has 0 amide bonds. The van der Waals surface area contributed by atoms with E-state index in [0.29, 0.717) is 21.6 Å². The van der Waals surface area contributed by atoms with Crippen LogP contribution in [-0.2, 0) is 41.4 Å². The fourth-order valence-electron chi connectivity index (χ4n) is 3.75. The molecule has 264 valence electrons. The minimum Gasteiger partial charge on any atom is -0.465 e. The highest BCUT2D eigenvalue weighted by Gasteiger charge is 2.22. The summed E-state index contributed by atoms with van der Waals surface area (Å²) in [6, 6.07) is 21.0. The van der Waals surface area contributed by atoms with Crippen LogP contribution in [0.15, 0.2) is 84.9 Å². The molecule has 4 aromatic rings. The van der Waals surface area contributed by atoms with Crippen LogP contribution in [0.3, 0.4) is 0 Å². The van der Waals surface area contributed by atoms with Crippen molar-refractivity contribution in [2.75, 3.05) is 35.8 Å². The first-order valence-electron chi connectivity index (χ1n) is 13.7. The standard InChI is InChI=1S/C16H15ClFNO4S.C9H8BrFO2.C7H8ClNO2S/c1-23-16(20)11-7-8-12(14(18)9-11)10-19(24(2,21)22)15-6-4-3-5-13(15)17;1-13-9(12)6-2-3-7(5-10)8(11)4-6;1-12(10,11)9-7-5-3-2-4-6(7)8/h3-9H,10H2,1-2H3;2-4H,5H2,1H3;2-5,9H,1H3. The van der Waals surface area contributed by atoms with Crippen molar-refractivity contribution in [1.29, 1.82) is 0 Å². The molecule has 10 nitrogen and oxygen atoms in total. The van der Waals surface area contributed by atoms with Crippen LogP contribution < -0.4 is 9.03 Å². The molecule has 17 heteroatoms. The van der Waals surface area contributed by atoms with E-state index in [9.17, 15) is 35.2 Å². The van der Waals surface area contributed by atoms with Crippen molar-refractivity contribution in [2.24, 2.45) is 0 Å². The van der Waals surface area contributed by atoms with E-state index in [-0.39, 0.29) is 33.9 Å². The number of nitrogens with one attached hydrogen (secondary N) is 1. The number of para-hydroxylation sites is 2. The zero-order chi connectivity index (χ0) is 36.9. The predicted octanol–water partition coefficient (Wildman–Crippen LogP) is 7.45. The van der Waals surface area contributed by atoms with E-state index in [4.69, 9.17) is 23.2 Å². The van der Waals surface area contributed by atoms with Crippen LogP contribution in [0.5, 0.6) is 0 Å². The van der Waals surface area contributed by atoms with E-state index in [1.54, 1.807) is 48.5 Å². The summed E-state index contributed by atoms with van der Waals surface area (Å²) in [6.07, 6.45) is 2.09. The van der Waals surface area contributed by atoms with Gasteiger partial charge in [-0.05, 0) is 54.1 Å². The van der Waals surface area contributed by atoms with Crippen molar-refractivity contribution in [3.8, 4) is 0 Å². The molecule has 0 unspecified atom stereocenters. The van der Waals surface area contributed by atoms with Gasteiger partial charge in [-0.25, -0.2) is 35.2 Å². The van der Waals surface area contributed by atoms with Crippen molar-refractivity contribution >= 4 is 82.5 Å². The second-order valence-electron chi connectivity index (χ2n) is 9.80. The molecule has 0 heterocycles. The van der Waals surface area contributed by atoms with Crippen LogP contribution in [-0.4, -0.2) is 55.5 Å². The summed E-state index contributed by atoms with van der Waals surface area (Å²) in [5, 5.41) is 1.05. The van der Waals surface area contributed by atoms with Crippen molar-refractivity contribution in [1.82, 2.24) is 0 Å². The number of hydrogen-bond acceptors (Lipinski definition) is 8. The number of methoxy groups -OCH3 is 2. The molecular weight excluding hydrogens is 793 g/mol. The molecule has 0 fully saturated rings. The SMILES string of the molecule is COC(=O)c1ccc(CBr)c(F)c1.COC(=O)c1ccc(CN(c2ccccc2Cl)S(C)(=O)=O)c(F)c1.CS(=O)(=O)Nc1ccccc1Cl. The monoisotopic (exact) mass is 822 g/mol. The number of anilines is 2. The smallest absolute Gasteiger partial charge is 0.337 e. The van der Waals surface area contributed by atoms with Gasteiger partial charge >= 0.3 is 11.9 Å². The quantitative estimate of drug-likeness (QED) is 0.136. The summed E-state index contributed by atoms with van der Waals surface area (Å²) in [6.45, 7) is -0.254. The van der Waals surface area contributed by atoms with Gasteiger partial charge in [-0.3, -0.25) is 9.03 Å². The average Bonchev–Trinajstić information content (AvgIpc) is 3.04. The van der Waals surface area contributed by atoms with Gasteiger partial charge in [0, 0.05) is 10.9 Å². The molecule has 0 aliphatic heterocycles. The lowest BCUT2D eigenvalue weighted by molar-refractivity contribution is 0.0591. The molecule has 1 N–H and O–H groups in total. The largest absolute Gasteiger partial charge is 0.465 e.